The second-order valence-corrected chi connectivity index (χ2v) is 7.51. The van der Waals surface area contributed by atoms with Gasteiger partial charge in [-0.25, -0.2) is 9.07 Å². The van der Waals surface area contributed by atoms with E-state index in [1.165, 1.54) is 25.3 Å². The van der Waals surface area contributed by atoms with Gasteiger partial charge in [0.25, 0.3) is 0 Å². The van der Waals surface area contributed by atoms with Crippen LogP contribution in [0, 0.1) is 5.82 Å². The van der Waals surface area contributed by atoms with Gasteiger partial charge in [0.2, 0.25) is 0 Å². The summed E-state index contributed by atoms with van der Waals surface area (Å²) in [5.41, 5.74) is 0.909. The normalized spacial score (nSPS) is 25.0. The number of rotatable bonds is 5. The van der Waals surface area contributed by atoms with Crippen molar-refractivity contribution in [3.8, 4) is 0 Å². The second-order valence-electron chi connectivity index (χ2n) is 7.51. The van der Waals surface area contributed by atoms with Crippen LogP contribution in [0.2, 0.25) is 0 Å². The molecule has 1 aliphatic heterocycles. The zero-order valence-corrected chi connectivity index (χ0v) is 15.0. The number of hydrogen-bond acceptors (Lipinski definition) is 5. The molecule has 0 spiro atoms. The minimum absolute atomic E-state index is 0.0553. The molecule has 2 atom stereocenters. The Balaban J connectivity index is 1.59. The average Bonchev–Trinajstić information content (AvgIpc) is 3.29. The van der Waals surface area contributed by atoms with Crippen LogP contribution in [0.15, 0.2) is 24.3 Å². The maximum Gasteiger partial charge on any atom is 0.168 e. The number of aliphatic hydroxyl groups excluding tert-OH is 1. The lowest BCUT2D eigenvalue weighted by molar-refractivity contribution is 0.115. The molecule has 0 amide bonds. The third kappa shape index (κ3) is 3.50. The molecule has 2 aromatic rings. The van der Waals surface area contributed by atoms with Crippen molar-refractivity contribution in [2.75, 3.05) is 6.61 Å². The van der Waals surface area contributed by atoms with Gasteiger partial charge in [0.15, 0.2) is 5.82 Å². The fourth-order valence-electron chi connectivity index (χ4n) is 4.50. The molecular weight excluding hydrogens is 333 g/mol. The van der Waals surface area contributed by atoms with Crippen molar-refractivity contribution < 1.29 is 9.50 Å². The minimum Gasteiger partial charge on any atom is -0.395 e. The molecule has 0 radical (unpaired) electrons. The average molecular weight is 359 g/mol. The molecule has 0 unspecified atom stereocenters. The predicted octanol–water partition coefficient (Wildman–Crippen LogP) is 3.02. The molecule has 7 heteroatoms. The van der Waals surface area contributed by atoms with Crippen molar-refractivity contribution in [2.24, 2.45) is 0 Å². The van der Waals surface area contributed by atoms with Gasteiger partial charge in [-0.3, -0.25) is 4.90 Å². The van der Waals surface area contributed by atoms with Gasteiger partial charge < -0.3 is 5.11 Å². The van der Waals surface area contributed by atoms with Crippen LogP contribution < -0.4 is 0 Å². The van der Waals surface area contributed by atoms with Crippen LogP contribution in [0.25, 0.3) is 0 Å². The highest BCUT2D eigenvalue weighted by Crippen LogP contribution is 2.38. The van der Waals surface area contributed by atoms with Gasteiger partial charge in [0, 0.05) is 12.6 Å². The van der Waals surface area contributed by atoms with Crippen LogP contribution >= 0.6 is 0 Å². The smallest absolute Gasteiger partial charge is 0.168 e. The third-order valence-corrected chi connectivity index (χ3v) is 5.84. The number of tetrazole rings is 1. The first-order chi connectivity index (χ1) is 12.8. The van der Waals surface area contributed by atoms with Gasteiger partial charge in [0.1, 0.15) is 5.82 Å². The summed E-state index contributed by atoms with van der Waals surface area (Å²) in [7, 11) is 0. The van der Waals surface area contributed by atoms with Gasteiger partial charge in [-0.15, -0.1) is 5.10 Å². The molecule has 2 fully saturated rings. The number of hydrogen-bond donors (Lipinski definition) is 1. The number of aromatic nitrogens is 4. The maximum absolute atomic E-state index is 13.6. The van der Waals surface area contributed by atoms with E-state index in [0.29, 0.717) is 12.6 Å². The van der Waals surface area contributed by atoms with Crippen LogP contribution in [0.3, 0.4) is 0 Å². The first kappa shape index (κ1) is 17.5. The number of aliphatic hydroxyl groups is 1. The molecule has 1 saturated heterocycles. The van der Waals surface area contributed by atoms with Gasteiger partial charge in [-0.2, -0.15) is 0 Å². The minimum atomic E-state index is -0.231. The largest absolute Gasteiger partial charge is 0.395 e. The summed E-state index contributed by atoms with van der Waals surface area (Å²) in [5, 5.41) is 22.4. The van der Waals surface area contributed by atoms with Gasteiger partial charge in [-0.1, -0.05) is 31.4 Å². The monoisotopic (exact) mass is 359 g/mol. The first-order valence-corrected chi connectivity index (χ1v) is 9.65. The van der Waals surface area contributed by atoms with Crippen molar-refractivity contribution in [3.05, 3.63) is 41.5 Å². The molecule has 4 rings (SSSR count). The Hall–Kier alpha value is -1.86. The number of halogens is 1. The maximum atomic E-state index is 13.6. The molecule has 2 aliphatic rings. The SMILES string of the molecule is OC[C@@H]1CC[C@@H](c2nnnn2C2CCCCC2)N1Cc1cccc(F)c1. The molecule has 0 bridgehead atoms. The zero-order valence-electron chi connectivity index (χ0n) is 15.0. The van der Waals surface area contributed by atoms with E-state index in [1.54, 1.807) is 12.1 Å². The molecule has 2 heterocycles. The third-order valence-electron chi connectivity index (χ3n) is 5.84. The predicted molar refractivity (Wildman–Crippen MR) is 94.7 cm³/mol. The van der Waals surface area contributed by atoms with E-state index in [0.717, 1.165) is 37.1 Å². The van der Waals surface area contributed by atoms with Crippen LogP contribution in [-0.2, 0) is 6.54 Å². The second kappa shape index (κ2) is 7.80. The summed E-state index contributed by atoms with van der Waals surface area (Å²) in [6.45, 7) is 0.683. The summed E-state index contributed by atoms with van der Waals surface area (Å²) in [4.78, 5) is 2.24. The van der Waals surface area contributed by atoms with Crippen LogP contribution in [0.5, 0.6) is 0 Å². The zero-order chi connectivity index (χ0) is 17.9. The van der Waals surface area contributed by atoms with Gasteiger partial charge in [-0.05, 0) is 53.8 Å². The topological polar surface area (TPSA) is 67.1 Å². The number of benzene rings is 1. The molecule has 1 aromatic heterocycles. The van der Waals surface area contributed by atoms with E-state index in [2.05, 4.69) is 20.4 Å². The Labute approximate surface area is 153 Å². The standard InChI is InChI=1S/C19H26FN5O/c20-15-6-4-5-14(11-15)12-24-17(13-26)9-10-18(24)19-21-22-23-25(19)16-7-2-1-3-8-16/h4-6,11,16-18,26H,1-3,7-10,12-13H2/t17-,18-/m0/s1. The summed E-state index contributed by atoms with van der Waals surface area (Å²) in [6.07, 6.45) is 7.79. The Morgan fingerprint density at radius 1 is 1.12 bits per heavy atom. The lowest BCUT2D eigenvalue weighted by atomic mass is 9.95. The van der Waals surface area contributed by atoms with Crippen LogP contribution in [0.4, 0.5) is 4.39 Å². The molecule has 6 nitrogen and oxygen atoms in total. The quantitative estimate of drug-likeness (QED) is 0.889. The van der Waals surface area contributed by atoms with Crippen LogP contribution in [0.1, 0.15) is 68.4 Å². The summed E-state index contributed by atoms with van der Waals surface area (Å²) < 4.78 is 15.6. The van der Waals surface area contributed by atoms with Crippen molar-refractivity contribution in [3.63, 3.8) is 0 Å². The Morgan fingerprint density at radius 2 is 1.96 bits per heavy atom. The molecular formula is C19H26FN5O. The molecule has 26 heavy (non-hydrogen) atoms. The summed E-state index contributed by atoms with van der Waals surface area (Å²) >= 11 is 0. The van der Waals surface area contributed by atoms with Crippen molar-refractivity contribution in [1.82, 2.24) is 25.1 Å². The highest BCUT2D eigenvalue weighted by Gasteiger charge is 2.38. The van der Waals surface area contributed by atoms with E-state index < -0.39 is 0 Å². The number of nitrogens with zero attached hydrogens (tertiary/aromatic N) is 5. The number of likely N-dealkylation sites (tertiary alicyclic amines) is 1. The van der Waals surface area contributed by atoms with Gasteiger partial charge >= 0.3 is 0 Å². The lowest BCUT2D eigenvalue weighted by Crippen LogP contribution is -2.35. The van der Waals surface area contributed by atoms with E-state index >= 15 is 0 Å². The summed E-state index contributed by atoms with van der Waals surface area (Å²) in [5.74, 6) is 0.662. The van der Waals surface area contributed by atoms with Crippen molar-refractivity contribution >= 4 is 0 Å². The van der Waals surface area contributed by atoms with E-state index in [4.69, 9.17) is 0 Å². The lowest BCUT2D eigenvalue weighted by Gasteiger charge is -2.30. The molecule has 1 saturated carbocycles. The van der Waals surface area contributed by atoms with E-state index in [9.17, 15) is 9.50 Å². The highest BCUT2D eigenvalue weighted by atomic mass is 19.1. The fourth-order valence-corrected chi connectivity index (χ4v) is 4.50. The summed E-state index contributed by atoms with van der Waals surface area (Å²) in [6, 6.07) is 7.17. The van der Waals surface area contributed by atoms with Crippen molar-refractivity contribution in [2.45, 2.75) is 69.6 Å². The Morgan fingerprint density at radius 3 is 2.73 bits per heavy atom. The van der Waals surface area contributed by atoms with Gasteiger partial charge in [0.05, 0.1) is 18.7 Å². The Bertz CT molecular complexity index is 730. The van der Waals surface area contributed by atoms with E-state index in [1.807, 2.05) is 10.7 Å². The molecule has 140 valence electrons. The first-order valence-electron chi connectivity index (χ1n) is 9.65. The fraction of sp³-hybridized carbons (Fsp3) is 0.632. The van der Waals surface area contributed by atoms with E-state index in [-0.39, 0.29) is 24.5 Å². The Kier molecular flexibility index (Phi) is 5.26. The molecule has 1 N–H and O–H groups in total. The highest BCUT2D eigenvalue weighted by molar-refractivity contribution is 5.17. The molecule has 1 aromatic carbocycles. The van der Waals surface area contributed by atoms with Crippen LogP contribution in [-0.4, -0.2) is 42.9 Å². The molecule has 1 aliphatic carbocycles. The van der Waals surface area contributed by atoms with Crippen molar-refractivity contribution in [1.29, 1.82) is 0 Å².